The first-order chi connectivity index (χ1) is 15.7. The van der Waals surface area contributed by atoms with E-state index in [9.17, 15) is 18.0 Å². The van der Waals surface area contributed by atoms with Gasteiger partial charge in [-0.3, -0.25) is 4.79 Å². The maximum absolute atomic E-state index is 12.4. The summed E-state index contributed by atoms with van der Waals surface area (Å²) in [6, 6.07) is 13.6. The number of aromatic nitrogens is 2. The van der Waals surface area contributed by atoms with Crippen molar-refractivity contribution in [2.24, 2.45) is 0 Å². The van der Waals surface area contributed by atoms with Crippen molar-refractivity contribution in [2.45, 2.75) is 26.1 Å². The van der Waals surface area contributed by atoms with E-state index in [-0.39, 0.29) is 11.3 Å². The van der Waals surface area contributed by atoms with Gasteiger partial charge in [-0.05, 0) is 68.3 Å². The van der Waals surface area contributed by atoms with Crippen LogP contribution in [0.25, 0.3) is 0 Å². The molecule has 0 aliphatic carbocycles. The lowest BCUT2D eigenvalue weighted by molar-refractivity contribution is -0.274. The fraction of sp³-hybridized carbons (Fsp3) is 0.261. The lowest BCUT2D eigenvalue weighted by atomic mass is 10.2. The third kappa shape index (κ3) is 6.12. The van der Waals surface area contributed by atoms with Crippen LogP contribution in [0.1, 0.15) is 28.9 Å². The van der Waals surface area contributed by atoms with Crippen molar-refractivity contribution in [1.29, 1.82) is 0 Å². The van der Waals surface area contributed by atoms with Crippen molar-refractivity contribution in [3.8, 4) is 5.75 Å². The first kappa shape index (κ1) is 22.4. The van der Waals surface area contributed by atoms with Crippen LogP contribution in [0, 0.1) is 6.92 Å². The van der Waals surface area contributed by atoms with Gasteiger partial charge >= 0.3 is 6.36 Å². The van der Waals surface area contributed by atoms with Crippen LogP contribution in [0.2, 0.25) is 0 Å². The number of aryl methyl sites for hydroxylation is 1. The van der Waals surface area contributed by atoms with Crippen molar-refractivity contribution in [3.63, 3.8) is 0 Å². The molecular weight excluding hydrogens is 435 g/mol. The van der Waals surface area contributed by atoms with E-state index >= 15 is 0 Å². The van der Waals surface area contributed by atoms with Crippen LogP contribution in [0.5, 0.6) is 5.75 Å². The van der Waals surface area contributed by atoms with Crippen LogP contribution in [0.15, 0.2) is 54.6 Å². The van der Waals surface area contributed by atoms with E-state index in [2.05, 4.69) is 30.2 Å². The molecule has 1 saturated heterocycles. The molecule has 10 heteroatoms. The summed E-state index contributed by atoms with van der Waals surface area (Å²) < 4.78 is 40.6. The molecule has 1 aromatic heterocycles. The number of alkyl halides is 3. The molecule has 0 saturated carbocycles. The van der Waals surface area contributed by atoms with E-state index in [1.54, 1.807) is 24.3 Å². The number of hydrogen-bond donors (Lipinski definition) is 2. The smallest absolute Gasteiger partial charge is 0.406 e. The molecule has 172 valence electrons. The molecule has 2 heterocycles. The minimum Gasteiger partial charge on any atom is -0.406 e. The Morgan fingerprint density at radius 1 is 0.970 bits per heavy atom. The summed E-state index contributed by atoms with van der Waals surface area (Å²) in [5, 5.41) is 5.96. The molecule has 0 atom stereocenters. The highest BCUT2D eigenvalue weighted by molar-refractivity contribution is 6.04. The van der Waals surface area contributed by atoms with Gasteiger partial charge in [0.2, 0.25) is 5.95 Å². The molecule has 3 aromatic rings. The van der Waals surface area contributed by atoms with Gasteiger partial charge in [0, 0.05) is 41.8 Å². The largest absolute Gasteiger partial charge is 0.573 e. The van der Waals surface area contributed by atoms with Gasteiger partial charge in [0.25, 0.3) is 5.91 Å². The zero-order valence-electron chi connectivity index (χ0n) is 17.8. The number of rotatable bonds is 6. The fourth-order valence-corrected chi connectivity index (χ4v) is 3.47. The monoisotopic (exact) mass is 457 g/mol. The van der Waals surface area contributed by atoms with Crippen molar-refractivity contribution >= 4 is 29.0 Å². The van der Waals surface area contributed by atoms with E-state index in [0.29, 0.717) is 17.5 Å². The molecule has 1 amide bonds. The lowest BCUT2D eigenvalue weighted by Crippen LogP contribution is -2.21. The number of amides is 1. The maximum atomic E-state index is 12.4. The molecule has 0 bridgehead atoms. The predicted octanol–water partition coefficient (Wildman–Crippen LogP) is 5.28. The number of nitrogens with one attached hydrogen (secondary N) is 2. The highest BCUT2D eigenvalue weighted by Gasteiger charge is 2.31. The third-order valence-corrected chi connectivity index (χ3v) is 5.00. The number of anilines is 4. The summed E-state index contributed by atoms with van der Waals surface area (Å²) in [5.74, 6) is 0.561. The molecule has 1 fully saturated rings. The molecule has 1 aliphatic heterocycles. The number of nitrogens with zero attached hydrogens (tertiary/aromatic N) is 3. The van der Waals surface area contributed by atoms with E-state index in [4.69, 9.17) is 0 Å². The van der Waals surface area contributed by atoms with Crippen LogP contribution >= 0.6 is 0 Å². The van der Waals surface area contributed by atoms with Gasteiger partial charge in [0.15, 0.2) is 0 Å². The molecule has 33 heavy (non-hydrogen) atoms. The predicted molar refractivity (Wildman–Crippen MR) is 119 cm³/mol. The molecule has 4 rings (SSSR count). The molecule has 0 spiro atoms. The normalized spacial score (nSPS) is 13.6. The van der Waals surface area contributed by atoms with Crippen molar-refractivity contribution < 1.29 is 22.7 Å². The second-order valence-electron chi connectivity index (χ2n) is 7.62. The van der Waals surface area contributed by atoms with Crippen LogP contribution in [0.3, 0.4) is 0 Å². The van der Waals surface area contributed by atoms with E-state index in [1.807, 2.05) is 13.0 Å². The van der Waals surface area contributed by atoms with Gasteiger partial charge in [0.1, 0.15) is 11.6 Å². The zero-order valence-corrected chi connectivity index (χ0v) is 17.8. The van der Waals surface area contributed by atoms with E-state index < -0.39 is 12.3 Å². The van der Waals surface area contributed by atoms with Crippen LogP contribution in [-0.2, 0) is 0 Å². The highest BCUT2D eigenvalue weighted by Crippen LogP contribution is 2.24. The topological polar surface area (TPSA) is 79.4 Å². The first-order valence-corrected chi connectivity index (χ1v) is 10.4. The van der Waals surface area contributed by atoms with Gasteiger partial charge in [-0.2, -0.15) is 4.98 Å². The van der Waals surface area contributed by atoms with Gasteiger partial charge in [-0.15, -0.1) is 13.2 Å². The van der Waals surface area contributed by atoms with Crippen LogP contribution < -0.4 is 20.3 Å². The maximum Gasteiger partial charge on any atom is 0.573 e. The van der Waals surface area contributed by atoms with Crippen LogP contribution in [-0.4, -0.2) is 35.3 Å². The Kier molecular flexibility index (Phi) is 6.34. The van der Waals surface area contributed by atoms with Gasteiger partial charge < -0.3 is 20.3 Å². The molecule has 0 unspecified atom stereocenters. The summed E-state index contributed by atoms with van der Waals surface area (Å²) >= 11 is 0. The summed E-state index contributed by atoms with van der Waals surface area (Å²) in [6.45, 7) is 3.83. The molecule has 2 aromatic carbocycles. The Morgan fingerprint density at radius 2 is 1.61 bits per heavy atom. The lowest BCUT2D eigenvalue weighted by Gasteiger charge is -2.17. The minimum atomic E-state index is -4.78. The standard InChI is InChI=1S/C23H22F3N5O2/c1-15-14-20(30-22(27-15)31-12-2-3-13-31)28-17-6-8-18(9-7-17)29-21(32)16-4-10-19(11-5-16)33-23(24,25)26/h4-11,14H,2-3,12-13H2,1H3,(H,29,32)(H,27,28,30). The molecular formula is C23H22F3N5O2. The second-order valence-corrected chi connectivity index (χ2v) is 7.62. The second kappa shape index (κ2) is 9.35. The van der Waals surface area contributed by atoms with Crippen molar-refractivity contribution in [1.82, 2.24) is 9.97 Å². The summed E-state index contributed by atoms with van der Waals surface area (Å²) in [5.41, 5.74) is 2.40. The fourth-order valence-electron chi connectivity index (χ4n) is 3.47. The Balaban J connectivity index is 1.38. The Labute approximate surface area is 188 Å². The molecule has 1 aliphatic rings. The molecule has 0 radical (unpaired) electrons. The number of carbonyl (C=O) groups excluding carboxylic acids is 1. The van der Waals surface area contributed by atoms with Crippen molar-refractivity contribution in [3.05, 3.63) is 65.9 Å². The Hall–Kier alpha value is -3.82. The number of benzene rings is 2. The minimum absolute atomic E-state index is 0.206. The van der Waals surface area contributed by atoms with Gasteiger partial charge in [0.05, 0.1) is 0 Å². The Morgan fingerprint density at radius 3 is 2.24 bits per heavy atom. The van der Waals surface area contributed by atoms with Crippen LogP contribution in [0.4, 0.5) is 36.3 Å². The number of halogens is 3. The first-order valence-electron chi connectivity index (χ1n) is 10.4. The average molecular weight is 457 g/mol. The quantitative estimate of drug-likeness (QED) is 0.524. The summed E-state index contributed by atoms with van der Waals surface area (Å²) in [7, 11) is 0. The molecule has 7 nitrogen and oxygen atoms in total. The zero-order chi connectivity index (χ0) is 23.4. The van der Waals surface area contributed by atoms with E-state index in [1.165, 1.54) is 12.1 Å². The Bertz CT molecular complexity index is 1110. The third-order valence-electron chi connectivity index (χ3n) is 5.00. The van der Waals surface area contributed by atoms with Gasteiger partial charge in [-0.25, -0.2) is 4.98 Å². The SMILES string of the molecule is Cc1cc(Nc2ccc(NC(=O)c3ccc(OC(F)(F)F)cc3)cc2)nc(N2CCCC2)n1. The highest BCUT2D eigenvalue weighted by atomic mass is 19.4. The average Bonchev–Trinajstić information content (AvgIpc) is 3.29. The van der Waals surface area contributed by atoms with E-state index in [0.717, 1.165) is 49.4 Å². The molecule has 2 N–H and O–H groups in total. The number of ether oxygens (including phenoxy) is 1. The van der Waals surface area contributed by atoms with Gasteiger partial charge in [-0.1, -0.05) is 0 Å². The van der Waals surface area contributed by atoms with Crippen molar-refractivity contribution in [2.75, 3.05) is 28.6 Å². The number of hydrogen-bond acceptors (Lipinski definition) is 6. The summed E-state index contributed by atoms with van der Waals surface area (Å²) in [6.07, 6.45) is -2.50. The number of carbonyl (C=O) groups is 1. The summed E-state index contributed by atoms with van der Waals surface area (Å²) in [4.78, 5) is 23.7.